The quantitative estimate of drug-likeness (QED) is 0.603. The maximum atomic E-state index is 12.4. The van der Waals surface area contributed by atoms with Crippen molar-refractivity contribution in [2.75, 3.05) is 43.6 Å². The summed E-state index contributed by atoms with van der Waals surface area (Å²) in [7, 11) is 2.15. The van der Waals surface area contributed by atoms with Crippen LogP contribution < -0.4 is 15.8 Å². The Bertz CT molecular complexity index is 1010. The fraction of sp³-hybridized carbons (Fsp3) is 0.200. The number of hydrogen-bond acceptors (Lipinski definition) is 5. The van der Waals surface area contributed by atoms with Crippen LogP contribution in [0.2, 0.25) is 0 Å². The summed E-state index contributed by atoms with van der Waals surface area (Å²) < 4.78 is 0. The van der Waals surface area contributed by atoms with E-state index in [2.05, 4.69) is 44.8 Å². The van der Waals surface area contributed by atoms with Gasteiger partial charge in [0.2, 0.25) is 0 Å². The van der Waals surface area contributed by atoms with Crippen molar-refractivity contribution in [1.82, 2.24) is 15.3 Å². The Balaban J connectivity index is 1.29. The van der Waals surface area contributed by atoms with E-state index in [0.717, 1.165) is 43.0 Å². The van der Waals surface area contributed by atoms with E-state index in [1.54, 1.807) is 12.3 Å². The molecule has 1 aliphatic heterocycles. The van der Waals surface area contributed by atoms with Crippen molar-refractivity contribution in [1.29, 1.82) is 0 Å². The highest BCUT2D eigenvalue weighted by atomic mass is 16.2. The van der Waals surface area contributed by atoms with E-state index in [-0.39, 0.29) is 5.91 Å². The van der Waals surface area contributed by atoms with Crippen molar-refractivity contribution < 1.29 is 4.79 Å². The molecule has 4 rings (SSSR count). The third-order valence-corrected chi connectivity index (χ3v) is 5.34. The molecule has 3 aromatic rings. The van der Waals surface area contributed by atoms with Gasteiger partial charge in [-0.15, -0.1) is 0 Å². The van der Waals surface area contributed by atoms with Gasteiger partial charge in [-0.1, -0.05) is 48.6 Å². The number of benzene rings is 2. The molecule has 1 saturated heterocycles. The summed E-state index contributed by atoms with van der Waals surface area (Å²) >= 11 is 0. The van der Waals surface area contributed by atoms with Gasteiger partial charge in [-0.25, -0.2) is 0 Å². The number of rotatable bonds is 6. The van der Waals surface area contributed by atoms with Crippen molar-refractivity contribution in [2.45, 2.75) is 0 Å². The van der Waals surface area contributed by atoms with Crippen LogP contribution in [0.25, 0.3) is 12.2 Å². The monoisotopic (exact) mass is 413 g/mol. The molecule has 0 bridgehead atoms. The Morgan fingerprint density at radius 1 is 0.871 bits per heavy atom. The lowest BCUT2D eigenvalue weighted by atomic mass is 10.1. The molecule has 2 aromatic carbocycles. The maximum Gasteiger partial charge on any atom is 0.288 e. The van der Waals surface area contributed by atoms with Gasteiger partial charge in [0, 0.05) is 38.1 Å². The van der Waals surface area contributed by atoms with Crippen LogP contribution in [-0.4, -0.2) is 49.0 Å². The number of anilines is 2. The second-order valence-electron chi connectivity index (χ2n) is 7.64. The SMILES string of the molecule is CN1CCN(c2ccc(NNC(=O)c3ccc(C=Cc4ccccc4)cn3)cc2)CC1. The molecule has 1 aromatic heterocycles. The summed E-state index contributed by atoms with van der Waals surface area (Å²) in [6, 6.07) is 21.8. The second-order valence-corrected chi connectivity index (χ2v) is 7.64. The lowest BCUT2D eigenvalue weighted by Crippen LogP contribution is -2.44. The number of nitrogens with zero attached hydrogens (tertiary/aromatic N) is 3. The smallest absolute Gasteiger partial charge is 0.288 e. The first-order chi connectivity index (χ1) is 15.2. The Hall–Kier alpha value is -3.64. The van der Waals surface area contributed by atoms with Crippen molar-refractivity contribution in [3.05, 3.63) is 89.7 Å². The van der Waals surface area contributed by atoms with Gasteiger partial charge >= 0.3 is 0 Å². The molecule has 0 atom stereocenters. The molecule has 2 heterocycles. The van der Waals surface area contributed by atoms with Crippen molar-refractivity contribution in [3.8, 4) is 0 Å². The fourth-order valence-electron chi connectivity index (χ4n) is 3.41. The van der Waals surface area contributed by atoms with Gasteiger partial charge in [-0.05, 0) is 48.5 Å². The molecule has 0 radical (unpaired) electrons. The number of nitrogens with one attached hydrogen (secondary N) is 2. The molecule has 0 aliphatic carbocycles. The highest BCUT2D eigenvalue weighted by molar-refractivity contribution is 5.93. The van der Waals surface area contributed by atoms with E-state index in [4.69, 9.17) is 0 Å². The standard InChI is InChI=1S/C25H27N5O/c1-29-15-17-30(18-16-29)23-12-10-22(11-13-23)27-28-25(31)24-14-9-21(19-26-24)8-7-20-5-3-2-4-6-20/h2-14,19,27H,15-18H2,1H3,(H,28,31). The van der Waals surface area contributed by atoms with Crippen molar-refractivity contribution >= 4 is 29.4 Å². The minimum atomic E-state index is -0.276. The number of piperazine rings is 1. The second kappa shape index (κ2) is 9.91. The predicted octanol–water partition coefficient (Wildman–Crippen LogP) is 3.76. The first-order valence-electron chi connectivity index (χ1n) is 10.5. The number of aromatic nitrogens is 1. The van der Waals surface area contributed by atoms with Crippen molar-refractivity contribution in [2.24, 2.45) is 0 Å². The normalized spacial score (nSPS) is 14.5. The van der Waals surface area contributed by atoms with Crippen LogP contribution in [0, 0.1) is 0 Å². The lowest BCUT2D eigenvalue weighted by molar-refractivity contribution is 0.0958. The molecule has 2 N–H and O–H groups in total. The molecule has 158 valence electrons. The Morgan fingerprint density at radius 2 is 1.58 bits per heavy atom. The number of amides is 1. The first kappa shape index (κ1) is 20.6. The van der Waals surface area contributed by atoms with Crippen LogP contribution >= 0.6 is 0 Å². The van der Waals surface area contributed by atoms with Crippen LogP contribution in [-0.2, 0) is 0 Å². The summed E-state index contributed by atoms with van der Waals surface area (Å²) in [4.78, 5) is 21.4. The third-order valence-electron chi connectivity index (χ3n) is 5.34. The zero-order valence-corrected chi connectivity index (χ0v) is 17.7. The predicted molar refractivity (Wildman–Crippen MR) is 127 cm³/mol. The summed E-state index contributed by atoms with van der Waals surface area (Å²) in [6.07, 6.45) is 5.69. The van der Waals surface area contributed by atoms with E-state index < -0.39 is 0 Å². The van der Waals surface area contributed by atoms with Crippen LogP contribution in [0.5, 0.6) is 0 Å². The van der Waals surface area contributed by atoms with E-state index >= 15 is 0 Å². The minimum Gasteiger partial charge on any atom is -0.369 e. The van der Waals surface area contributed by atoms with E-state index in [1.165, 1.54) is 5.69 Å². The van der Waals surface area contributed by atoms with Crippen LogP contribution in [0.3, 0.4) is 0 Å². The Morgan fingerprint density at radius 3 is 2.26 bits per heavy atom. The highest BCUT2D eigenvalue weighted by Gasteiger charge is 2.14. The van der Waals surface area contributed by atoms with Gasteiger partial charge in [0.05, 0.1) is 5.69 Å². The first-order valence-corrected chi connectivity index (χ1v) is 10.5. The topological polar surface area (TPSA) is 60.5 Å². The van der Waals surface area contributed by atoms with Crippen LogP contribution in [0.4, 0.5) is 11.4 Å². The largest absolute Gasteiger partial charge is 0.369 e. The van der Waals surface area contributed by atoms with E-state index in [0.29, 0.717) is 5.69 Å². The summed E-state index contributed by atoms with van der Waals surface area (Å²) in [5.41, 5.74) is 10.1. The summed E-state index contributed by atoms with van der Waals surface area (Å²) in [5, 5.41) is 0. The molecule has 1 amide bonds. The number of carbonyl (C=O) groups is 1. The van der Waals surface area contributed by atoms with Crippen LogP contribution in [0.15, 0.2) is 72.9 Å². The molecule has 1 aliphatic rings. The number of hydrogen-bond donors (Lipinski definition) is 2. The van der Waals surface area contributed by atoms with E-state index in [9.17, 15) is 4.79 Å². The van der Waals surface area contributed by atoms with Gasteiger partial charge in [-0.3, -0.25) is 20.6 Å². The molecule has 31 heavy (non-hydrogen) atoms. The Kier molecular flexibility index (Phi) is 6.59. The molecule has 0 spiro atoms. The number of hydrazine groups is 1. The molecular weight excluding hydrogens is 386 g/mol. The maximum absolute atomic E-state index is 12.4. The van der Waals surface area contributed by atoms with Gasteiger partial charge in [-0.2, -0.15) is 0 Å². The zero-order chi connectivity index (χ0) is 21.5. The Labute approximate surface area is 183 Å². The van der Waals surface area contributed by atoms with Gasteiger partial charge in [0.15, 0.2) is 0 Å². The molecule has 6 heteroatoms. The molecular formula is C25H27N5O. The van der Waals surface area contributed by atoms with Crippen LogP contribution in [0.1, 0.15) is 21.6 Å². The zero-order valence-electron chi connectivity index (χ0n) is 17.7. The number of carbonyl (C=O) groups excluding carboxylic acids is 1. The third kappa shape index (κ3) is 5.71. The molecule has 0 unspecified atom stereocenters. The average molecular weight is 414 g/mol. The lowest BCUT2D eigenvalue weighted by Gasteiger charge is -2.34. The number of likely N-dealkylation sites (N-methyl/N-ethyl adjacent to an activating group) is 1. The molecule has 6 nitrogen and oxygen atoms in total. The van der Waals surface area contributed by atoms with Gasteiger partial charge in [0.25, 0.3) is 5.91 Å². The van der Waals surface area contributed by atoms with Gasteiger partial charge < -0.3 is 9.80 Å². The average Bonchev–Trinajstić information content (AvgIpc) is 2.83. The van der Waals surface area contributed by atoms with E-state index in [1.807, 2.05) is 60.7 Å². The highest BCUT2D eigenvalue weighted by Crippen LogP contribution is 2.19. The summed E-state index contributed by atoms with van der Waals surface area (Å²) in [6.45, 7) is 4.21. The summed E-state index contributed by atoms with van der Waals surface area (Å²) in [5.74, 6) is -0.276. The fourth-order valence-corrected chi connectivity index (χ4v) is 3.41. The minimum absolute atomic E-state index is 0.276. The van der Waals surface area contributed by atoms with Crippen molar-refractivity contribution in [3.63, 3.8) is 0 Å². The molecule has 0 saturated carbocycles. The molecule has 1 fully saturated rings. The number of pyridine rings is 1. The van der Waals surface area contributed by atoms with Gasteiger partial charge in [0.1, 0.15) is 5.69 Å².